The van der Waals surface area contributed by atoms with E-state index in [1.54, 1.807) is 31.6 Å². The lowest BCUT2D eigenvalue weighted by molar-refractivity contribution is 0.0690. The molecule has 0 unspecified atom stereocenters. The number of aryl methyl sites for hydroxylation is 1. The Labute approximate surface area is 177 Å². The van der Waals surface area contributed by atoms with Crippen LogP contribution in [0.25, 0.3) is 5.69 Å². The molecule has 2 aromatic carbocycles. The third-order valence-corrected chi connectivity index (χ3v) is 5.57. The van der Waals surface area contributed by atoms with Crippen LogP contribution in [0.15, 0.2) is 67.3 Å². The number of carboxylic acid groups (broad SMARTS) is 1. The zero-order chi connectivity index (χ0) is 21.1. The van der Waals surface area contributed by atoms with E-state index in [1.165, 1.54) is 11.3 Å². The van der Waals surface area contributed by atoms with Crippen molar-refractivity contribution >= 4 is 28.1 Å². The minimum absolute atomic E-state index is 0.0563. The van der Waals surface area contributed by atoms with Crippen molar-refractivity contribution in [2.75, 3.05) is 4.90 Å². The van der Waals surface area contributed by atoms with Crippen LogP contribution < -0.4 is 4.90 Å². The van der Waals surface area contributed by atoms with Crippen molar-refractivity contribution < 1.29 is 9.90 Å². The largest absolute Gasteiger partial charge is 0.476 e. The maximum atomic E-state index is 11.5. The van der Waals surface area contributed by atoms with Gasteiger partial charge >= 0.3 is 5.97 Å². The molecule has 0 atom stereocenters. The highest BCUT2D eigenvalue weighted by Gasteiger charge is 2.20. The smallest absolute Gasteiger partial charge is 0.355 e. The molecule has 0 radical (unpaired) electrons. The summed E-state index contributed by atoms with van der Waals surface area (Å²) in [7, 11) is 0. The maximum Gasteiger partial charge on any atom is 0.355 e. The SMILES string of the molecule is Cc1sc(N(Cc2cccc(-n3ccnc3)c2)c2ccc(C#N)cc2)nc1C(=O)O. The number of hydrogen-bond donors (Lipinski definition) is 1. The van der Waals surface area contributed by atoms with Crippen LogP contribution in [0.2, 0.25) is 0 Å². The molecule has 0 aliphatic rings. The van der Waals surface area contributed by atoms with E-state index in [-0.39, 0.29) is 5.69 Å². The van der Waals surface area contributed by atoms with Crippen LogP contribution in [-0.4, -0.2) is 25.6 Å². The number of carboxylic acids is 1. The lowest BCUT2D eigenvalue weighted by Crippen LogP contribution is -2.17. The first-order valence-corrected chi connectivity index (χ1v) is 9.92. The molecule has 0 aliphatic carbocycles. The topological polar surface area (TPSA) is 95.0 Å². The van der Waals surface area contributed by atoms with E-state index in [0.29, 0.717) is 22.1 Å². The lowest BCUT2D eigenvalue weighted by atomic mass is 10.1. The van der Waals surface area contributed by atoms with Crippen LogP contribution in [0, 0.1) is 18.3 Å². The second-order valence-electron chi connectivity index (χ2n) is 6.59. The van der Waals surface area contributed by atoms with Gasteiger partial charge in [-0.25, -0.2) is 14.8 Å². The predicted octanol–water partition coefficient (Wildman–Crippen LogP) is 4.55. The number of benzene rings is 2. The summed E-state index contributed by atoms with van der Waals surface area (Å²) in [6, 6.07) is 17.3. The summed E-state index contributed by atoms with van der Waals surface area (Å²) < 4.78 is 1.92. The Hall–Kier alpha value is -3.96. The second kappa shape index (κ2) is 8.19. The first-order chi connectivity index (χ1) is 14.5. The maximum absolute atomic E-state index is 11.5. The molecule has 4 aromatic rings. The van der Waals surface area contributed by atoms with Crippen molar-refractivity contribution in [3.8, 4) is 11.8 Å². The number of imidazole rings is 1. The first-order valence-electron chi connectivity index (χ1n) is 9.11. The van der Waals surface area contributed by atoms with Crippen molar-refractivity contribution in [2.45, 2.75) is 13.5 Å². The molecule has 30 heavy (non-hydrogen) atoms. The van der Waals surface area contributed by atoms with Crippen LogP contribution in [0.1, 0.15) is 26.5 Å². The van der Waals surface area contributed by atoms with Crippen molar-refractivity contribution in [3.05, 3.63) is 88.9 Å². The normalized spacial score (nSPS) is 10.5. The average molecular weight is 415 g/mol. The molecule has 8 heteroatoms. The number of aromatic carboxylic acids is 1. The summed E-state index contributed by atoms with van der Waals surface area (Å²) in [5, 5.41) is 19.1. The fraction of sp³-hybridized carbons (Fsp3) is 0.0909. The van der Waals surface area contributed by atoms with Crippen LogP contribution >= 0.6 is 11.3 Å². The Morgan fingerprint density at radius 2 is 2.07 bits per heavy atom. The van der Waals surface area contributed by atoms with E-state index in [1.807, 2.05) is 46.0 Å². The molecule has 0 amide bonds. The van der Waals surface area contributed by atoms with Crippen LogP contribution in [-0.2, 0) is 6.54 Å². The zero-order valence-corrected chi connectivity index (χ0v) is 16.9. The van der Waals surface area contributed by atoms with Crippen molar-refractivity contribution in [3.63, 3.8) is 0 Å². The van der Waals surface area contributed by atoms with Gasteiger partial charge in [-0.05, 0) is 48.9 Å². The molecule has 0 saturated carbocycles. The summed E-state index contributed by atoms with van der Waals surface area (Å²) in [4.78, 5) is 22.5. The van der Waals surface area contributed by atoms with Gasteiger partial charge in [-0.1, -0.05) is 12.1 Å². The van der Waals surface area contributed by atoms with E-state index >= 15 is 0 Å². The number of hydrogen-bond acceptors (Lipinski definition) is 6. The van der Waals surface area contributed by atoms with Gasteiger partial charge in [0, 0.05) is 28.6 Å². The molecule has 4 rings (SSSR count). The Morgan fingerprint density at radius 1 is 1.27 bits per heavy atom. The van der Waals surface area contributed by atoms with Crippen LogP contribution in [0.4, 0.5) is 10.8 Å². The molecule has 0 spiro atoms. The third-order valence-electron chi connectivity index (χ3n) is 4.58. The van der Waals surface area contributed by atoms with E-state index < -0.39 is 5.97 Å². The number of thiazole rings is 1. The van der Waals surface area contributed by atoms with Gasteiger partial charge in [0.05, 0.1) is 24.5 Å². The minimum Gasteiger partial charge on any atom is -0.476 e. The molecule has 1 N–H and O–H groups in total. The number of nitriles is 1. The van der Waals surface area contributed by atoms with Gasteiger partial charge in [-0.15, -0.1) is 11.3 Å². The van der Waals surface area contributed by atoms with Gasteiger partial charge in [0.15, 0.2) is 10.8 Å². The van der Waals surface area contributed by atoms with Gasteiger partial charge in [0.1, 0.15) is 0 Å². The fourth-order valence-electron chi connectivity index (χ4n) is 3.09. The number of rotatable bonds is 6. The molecule has 2 aromatic heterocycles. The van der Waals surface area contributed by atoms with E-state index in [2.05, 4.69) is 22.1 Å². The first kappa shape index (κ1) is 19.4. The van der Waals surface area contributed by atoms with Crippen molar-refractivity contribution in [1.82, 2.24) is 14.5 Å². The number of nitrogens with zero attached hydrogens (tertiary/aromatic N) is 5. The van der Waals surface area contributed by atoms with Gasteiger partial charge in [-0.3, -0.25) is 0 Å². The number of carbonyl (C=O) groups is 1. The second-order valence-corrected chi connectivity index (χ2v) is 7.77. The Kier molecular flexibility index (Phi) is 5.28. The Morgan fingerprint density at radius 3 is 2.70 bits per heavy atom. The monoisotopic (exact) mass is 415 g/mol. The Bertz CT molecular complexity index is 1220. The minimum atomic E-state index is -1.04. The predicted molar refractivity (Wildman–Crippen MR) is 114 cm³/mol. The molecule has 0 bridgehead atoms. The lowest BCUT2D eigenvalue weighted by Gasteiger charge is -2.22. The Balaban J connectivity index is 1.74. The quantitative estimate of drug-likeness (QED) is 0.497. The number of aromatic nitrogens is 3. The van der Waals surface area contributed by atoms with Crippen molar-refractivity contribution in [1.29, 1.82) is 5.26 Å². The third kappa shape index (κ3) is 3.92. The molecule has 0 saturated heterocycles. The van der Waals surface area contributed by atoms with Crippen LogP contribution in [0.5, 0.6) is 0 Å². The van der Waals surface area contributed by atoms with Crippen LogP contribution in [0.3, 0.4) is 0 Å². The molecular weight excluding hydrogens is 398 g/mol. The molecule has 0 fully saturated rings. The van der Waals surface area contributed by atoms with Gasteiger partial charge in [0.2, 0.25) is 0 Å². The van der Waals surface area contributed by atoms with Gasteiger partial charge < -0.3 is 14.6 Å². The summed E-state index contributed by atoms with van der Waals surface area (Å²) in [6.07, 6.45) is 5.34. The van der Waals surface area contributed by atoms with Gasteiger partial charge in [0.25, 0.3) is 0 Å². The van der Waals surface area contributed by atoms with Crippen molar-refractivity contribution in [2.24, 2.45) is 0 Å². The molecule has 0 aliphatic heterocycles. The average Bonchev–Trinajstić information content (AvgIpc) is 3.42. The highest BCUT2D eigenvalue weighted by molar-refractivity contribution is 7.15. The van der Waals surface area contributed by atoms with E-state index in [0.717, 1.165) is 16.9 Å². The number of anilines is 2. The van der Waals surface area contributed by atoms with E-state index in [4.69, 9.17) is 5.26 Å². The molecule has 7 nitrogen and oxygen atoms in total. The zero-order valence-electron chi connectivity index (χ0n) is 16.1. The molecular formula is C22H17N5O2S. The van der Waals surface area contributed by atoms with Gasteiger partial charge in [-0.2, -0.15) is 5.26 Å². The summed E-state index contributed by atoms with van der Waals surface area (Å²) in [6.45, 7) is 2.24. The highest BCUT2D eigenvalue weighted by Crippen LogP contribution is 2.33. The summed E-state index contributed by atoms with van der Waals surface area (Å²) in [5.74, 6) is -1.04. The highest BCUT2D eigenvalue weighted by atomic mass is 32.1. The molecule has 148 valence electrons. The fourth-order valence-corrected chi connectivity index (χ4v) is 4.01. The molecule has 2 heterocycles. The summed E-state index contributed by atoms with van der Waals surface area (Å²) in [5.41, 5.74) is 3.44. The van der Waals surface area contributed by atoms with E-state index in [9.17, 15) is 9.90 Å². The standard InChI is InChI=1S/C22H17N5O2S/c1-15-20(21(28)29)25-22(30-15)27(18-7-5-16(12-23)6-8-18)13-17-3-2-4-19(11-17)26-10-9-24-14-26/h2-11,14H,13H2,1H3,(H,28,29). The summed E-state index contributed by atoms with van der Waals surface area (Å²) >= 11 is 1.33.